The number of nitrogens with one attached hydrogen (secondary N) is 1. The number of hydrogen-bond donors (Lipinski definition) is 3. The average Bonchev–Trinajstić information content (AvgIpc) is 3.18. The van der Waals surface area contributed by atoms with Gasteiger partial charge in [0.15, 0.2) is 0 Å². The van der Waals surface area contributed by atoms with Crippen molar-refractivity contribution < 1.29 is 9.59 Å². The minimum absolute atomic E-state index is 0.0397. The first-order valence-electron chi connectivity index (χ1n) is 6.09. The molecule has 0 unspecified atom stereocenters. The maximum Gasteiger partial charge on any atom is 0.231 e. The van der Waals surface area contributed by atoms with Gasteiger partial charge in [-0.2, -0.15) is 0 Å². The second-order valence-corrected chi connectivity index (χ2v) is 5.71. The summed E-state index contributed by atoms with van der Waals surface area (Å²) in [6.45, 7) is 0.370. The lowest BCUT2D eigenvalue weighted by molar-refractivity contribution is -0.120. The Kier molecular flexibility index (Phi) is 4.11. The van der Waals surface area contributed by atoms with Crippen LogP contribution in [0.15, 0.2) is 29.2 Å². The minimum atomic E-state index is -0.387. The first-order chi connectivity index (χ1) is 9.07. The predicted octanol–water partition coefficient (Wildman–Crippen LogP) is 0.941. The molecule has 1 aliphatic carbocycles. The Balaban J connectivity index is 2.07. The number of nitrogens with two attached hydrogens (primary N) is 2. The van der Waals surface area contributed by atoms with Gasteiger partial charge in [0.25, 0.3) is 0 Å². The highest BCUT2D eigenvalue weighted by molar-refractivity contribution is 8.00. The summed E-state index contributed by atoms with van der Waals surface area (Å²) in [5.74, 6) is -0.233. The molecule has 1 aromatic rings. The average molecular weight is 279 g/mol. The Morgan fingerprint density at radius 2 is 2.00 bits per heavy atom. The van der Waals surface area contributed by atoms with Crippen LogP contribution in [-0.4, -0.2) is 24.1 Å². The second kappa shape index (κ2) is 5.63. The molecule has 6 heteroatoms. The zero-order valence-corrected chi connectivity index (χ0v) is 11.3. The van der Waals surface area contributed by atoms with Crippen LogP contribution in [0.1, 0.15) is 12.8 Å². The Bertz CT molecular complexity index is 500. The number of carbonyl (C=O) groups excluding carboxylic acids is 2. The molecule has 19 heavy (non-hydrogen) atoms. The Labute approximate surface area is 116 Å². The van der Waals surface area contributed by atoms with E-state index in [0.717, 1.165) is 17.7 Å². The van der Waals surface area contributed by atoms with Crippen molar-refractivity contribution in [2.75, 3.05) is 17.6 Å². The Morgan fingerprint density at radius 3 is 2.58 bits per heavy atom. The standard InChI is InChI=1S/C13H17N3O2S/c14-8-13(5-6-13)12(18)16-9-3-1-2-4-10(9)19-7-11(15)17/h1-4H,5-8,14H2,(H2,15,17)(H,16,18). The van der Waals surface area contributed by atoms with Gasteiger partial charge < -0.3 is 16.8 Å². The fourth-order valence-electron chi connectivity index (χ4n) is 1.77. The molecule has 0 heterocycles. The minimum Gasteiger partial charge on any atom is -0.369 e. The molecule has 0 spiro atoms. The largest absolute Gasteiger partial charge is 0.369 e. The molecule has 0 aromatic heterocycles. The number of carbonyl (C=O) groups is 2. The van der Waals surface area contributed by atoms with E-state index in [9.17, 15) is 9.59 Å². The molecule has 1 aliphatic rings. The molecule has 0 radical (unpaired) electrons. The monoisotopic (exact) mass is 279 g/mol. The van der Waals surface area contributed by atoms with Crippen LogP contribution >= 0.6 is 11.8 Å². The van der Waals surface area contributed by atoms with E-state index in [1.54, 1.807) is 0 Å². The summed E-state index contributed by atoms with van der Waals surface area (Å²) >= 11 is 1.32. The van der Waals surface area contributed by atoms with Gasteiger partial charge in [-0.25, -0.2) is 0 Å². The number of amides is 2. The van der Waals surface area contributed by atoms with E-state index in [1.165, 1.54) is 11.8 Å². The molecule has 0 aliphatic heterocycles. The van der Waals surface area contributed by atoms with Crippen molar-refractivity contribution in [3.8, 4) is 0 Å². The molecular weight excluding hydrogens is 262 g/mol. The van der Waals surface area contributed by atoms with Crippen LogP contribution < -0.4 is 16.8 Å². The third-order valence-corrected chi connectivity index (χ3v) is 4.33. The number of anilines is 1. The summed E-state index contributed by atoms with van der Waals surface area (Å²) in [6.07, 6.45) is 1.68. The first-order valence-corrected chi connectivity index (χ1v) is 7.08. The zero-order valence-electron chi connectivity index (χ0n) is 10.5. The highest BCUT2D eigenvalue weighted by Gasteiger charge is 2.48. The number of para-hydroxylation sites is 1. The molecular formula is C13H17N3O2S. The SMILES string of the molecule is NCC1(C(=O)Nc2ccccc2SCC(N)=O)CC1. The summed E-state index contributed by atoms with van der Waals surface area (Å²) < 4.78 is 0. The van der Waals surface area contributed by atoms with E-state index < -0.39 is 0 Å². The van der Waals surface area contributed by atoms with Gasteiger partial charge >= 0.3 is 0 Å². The summed E-state index contributed by atoms with van der Waals surface area (Å²) in [5.41, 5.74) is 11.1. The van der Waals surface area contributed by atoms with Gasteiger partial charge in [-0.15, -0.1) is 11.8 Å². The summed E-state index contributed by atoms with van der Waals surface area (Å²) in [7, 11) is 0. The molecule has 1 aromatic carbocycles. The van der Waals surface area contributed by atoms with Gasteiger partial charge in [0, 0.05) is 11.4 Å². The van der Waals surface area contributed by atoms with Crippen LogP contribution in [0.4, 0.5) is 5.69 Å². The van der Waals surface area contributed by atoms with Crippen LogP contribution in [0, 0.1) is 5.41 Å². The van der Waals surface area contributed by atoms with E-state index in [0.29, 0.717) is 12.2 Å². The summed E-state index contributed by atoms with van der Waals surface area (Å²) in [4.78, 5) is 23.8. The topological polar surface area (TPSA) is 98.2 Å². The van der Waals surface area contributed by atoms with Gasteiger partial charge in [0.2, 0.25) is 11.8 Å². The smallest absolute Gasteiger partial charge is 0.231 e. The summed E-state index contributed by atoms with van der Waals surface area (Å²) in [6, 6.07) is 7.36. The second-order valence-electron chi connectivity index (χ2n) is 4.69. The van der Waals surface area contributed by atoms with Crippen LogP contribution in [0.5, 0.6) is 0 Å². The number of thioether (sulfide) groups is 1. The maximum absolute atomic E-state index is 12.1. The lowest BCUT2D eigenvalue weighted by atomic mass is 10.1. The van der Waals surface area contributed by atoms with Crippen LogP contribution in [0.2, 0.25) is 0 Å². The highest BCUT2D eigenvalue weighted by Crippen LogP contribution is 2.45. The van der Waals surface area contributed by atoms with Gasteiger partial charge in [-0.05, 0) is 25.0 Å². The lowest BCUT2D eigenvalue weighted by Crippen LogP contribution is -2.31. The van der Waals surface area contributed by atoms with Gasteiger partial charge in [0.05, 0.1) is 16.9 Å². The molecule has 1 saturated carbocycles. The van der Waals surface area contributed by atoms with Crippen molar-refractivity contribution in [2.45, 2.75) is 17.7 Å². The van der Waals surface area contributed by atoms with Crippen LogP contribution in [-0.2, 0) is 9.59 Å². The number of rotatable bonds is 6. The fraction of sp³-hybridized carbons (Fsp3) is 0.385. The van der Waals surface area contributed by atoms with Crippen LogP contribution in [0.3, 0.4) is 0 Å². The summed E-state index contributed by atoms with van der Waals surface area (Å²) in [5, 5.41) is 2.90. The highest BCUT2D eigenvalue weighted by atomic mass is 32.2. The fourth-order valence-corrected chi connectivity index (χ4v) is 2.52. The lowest BCUT2D eigenvalue weighted by Gasteiger charge is -2.15. The molecule has 0 atom stereocenters. The molecule has 5 N–H and O–H groups in total. The van der Waals surface area contributed by atoms with Crippen molar-refractivity contribution in [1.29, 1.82) is 0 Å². The van der Waals surface area contributed by atoms with Crippen molar-refractivity contribution in [3.05, 3.63) is 24.3 Å². The zero-order chi connectivity index (χ0) is 13.9. The van der Waals surface area contributed by atoms with E-state index >= 15 is 0 Å². The molecule has 0 bridgehead atoms. The molecule has 5 nitrogen and oxygen atoms in total. The maximum atomic E-state index is 12.1. The number of primary amides is 1. The van der Waals surface area contributed by atoms with Gasteiger partial charge in [0.1, 0.15) is 0 Å². The van der Waals surface area contributed by atoms with Crippen molar-refractivity contribution >= 4 is 29.3 Å². The number of benzene rings is 1. The molecule has 1 fully saturated rings. The van der Waals surface area contributed by atoms with Crippen LogP contribution in [0.25, 0.3) is 0 Å². The van der Waals surface area contributed by atoms with E-state index in [-0.39, 0.29) is 23.0 Å². The van der Waals surface area contributed by atoms with Gasteiger partial charge in [-0.3, -0.25) is 9.59 Å². The third-order valence-electron chi connectivity index (χ3n) is 3.23. The first kappa shape index (κ1) is 13.9. The molecule has 102 valence electrons. The molecule has 2 rings (SSSR count). The number of hydrogen-bond acceptors (Lipinski definition) is 4. The Hall–Kier alpha value is -1.53. The third kappa shape index (κ3) is 3.27. The van der Waals surface area contributed by atoms with E-state index in [4.69, 9.17) is 11.5 Å². The van der Waals surface area contributed by atoms with Gasteiger partial charge in [-0.1, -0.05) is 12.1 Å². The Morgan fingerprint density at radius 1 is 1.32 bits per heavy atom. The normalized spacial score (nSPS) is 15.8. The van der Waals surface area contributed by atoms with Crippen molar-refractivity contribution in [2.24, 2.45) is 16.9 Å². The molecule has 2 amide bonds. The predicted molar refractivity (Wildman–Crippen MR) is 75.7 cm³/mol. The quantitative estimate of drug-likeness (QED) is 0.675. The molecule has 0 saturated heterocycles. The van der Waals surface area contributed by atoms with Crippen molar-refractivity contribution in [1.82, 2.24) is 0 Å². The van der Waals surface area contributed by atoms with E-state index in [2.05, 4.69) is 5.32 Å². The van der Waals surface area contributed by atoms with E-state index in [1.807, 2.05) is 24.3 Å². The van der Waals surface area contributed by atoms with Crippen molar-refractivity contribution in [3.63, 3.8) is 0 Å².